The van der Waals surface area contributed by atoms with Gasteiger partial charge in [0, 0.05) is 27.4 Å². The van der Waals surface area contributed by atoms with E-state index in [-0.39, 0.29) is 22.4 Å². The number of aliphatic hydroxyl groups is 2. The third kappa shape index (κ3) is 3.27. The van der Waals surface area contributed by atoms with Crippen molar-refractivity contribution in [1.29, 1.82) is 0 Å². The zero-order chi connectivity index (χ0) is 16.4. The molecule has 0 aliphatic carbocycles. The molecule has 0 heterocycles. The molecule has 0 fully saturated rings. The molecule has 0 aromatic heterocycles. The van der Waals surface area contributed by atoms with Crippen LogP contribution in [0.4, 0.5) is 14.5 Å². The van der Waals surface area contributed by atoms with Gasteiger partial charge in [-0.15, -0.1) is 0 Å². The Morgan fingerprint density at radius 2 is 1.82 bits per heavy atom. The van der Waals surface area contributed by atoms with Crippen molar-refractivity contribution in [1.82, 2.24) is 0 Å². The fourth-order valence-corrected chi connectivity index (χ4v) is 2.30. The Morgan fingerprint density at radius 3 is 2.41 bits per heavy atom. The summed E-state index contributed by atoms with van der Waals surface area (Å²) in [5.74, 6) is -1.48. The van der Waals surface area contributed by atoms with E-state index in [0.29, 0.717) is 10.6 Å². The summed E-state index contributed by atoms with van der Waals surface area (Å²) in [6, 6.07) is 6.86. The maximum absolute atomic E-state index is 14.3. The molecular formula is C16H14ClF2NO2. The second-order valence-electron chi connectivity index (χ2n) is 4.76. The van der Waals surface area contributed by atoms with Gasteiger partial charge in [0.25, 0.3) is 0 Å². The van der Waals surface area contributed by atoms with Crippen LogP contribution in [-0.4, -0.2) is 16.5 Å². The molecule has 2 aromatic carbocycles. The minimum Gasteiger partial charge on any atom is -0.398 e. The number of nitrogens with two attached hydrogens (primary N) is 1. The Hall–Kier alpha value is -1.95. The van der Waals surface area contributed by atoms with Crippen molar-refractivity contribution in [2.45, 2.75) is 13.2 Å². The predicted molar refractivity (Wildman–Crippen MR) is 82.3 cm³/mol. The Bertz CT molecular complexity index is 745. The first kappa shape index (κ1) is 16.4. The van der Waals surface area contributed by atoms with Gasteiger partial charge in [0.1, 0.15) is 11.6 Å². The maximum atomic E-state index is 14.3. The van der Waals surface area contributed by atoms with Crippen LogP contribution in [0.2, 0.25) is 5.02 Å². The fraction of sp³-hybridized carbons (Fsp3) is 0.125. The van der Waals surface area contributed by atoms with E-state index in [2.05, 4.69) is 0 Å². The smallest absolute Gasteiger partial charge is 0.172 e. The lowest BCUT2D eigenvalue weighted by molar-refractivity contribution is 0.00280. The summed E-state index contributed by atoms with van der Waals surface area (Å²) >= 11 is 5.83. The number of halogens is 3. The van der Waals surface area contributed by atoms with Gasteiger partial charge in [-0.2, -0.15) is 0 Å². The van der Waals surface area contributed by atoms with Crippen molar-refractivity contribution < 1.29 is 19.0 Å². The van der Waals surface area contributed by atoms with Crippen LogP contribution in [-0.2, 0) is 0 Å². The van der Waals surface area contributed by atoms with Crippen LogP contribution in [0.25, 0.3) is 5.57 Å². The first-order chi connectivity index (χ1) is 10.3. The quantitative estimate of drug-likeness (QED) is 0.599. The van der Waals surface area contributed by atoms with E-state index in [4.69, 9.17) is 17.3 Å². The van der Waals surface area contributed by atoms with Gasteiger partial charge in [-0.1, -0.05) is 17.7 Å². The van der Waals surface area contributed by atoms with Gasteiger partial charge in [0.2, 0.25) is 0 Å². The van der Waals surface area contributed by atoms with Crippen molar-refractivity contribution in [3.8, 4) is 0 Å². The Balaban J connectivity index is 2.70. The van der Waals surface area contributed by atoms with E-state index in [0.717, 1.165) is 12.1 Å². The molecule has 0 atom stereocenters. The molecule has 116 valence electrons. The zero-order valence-corrected chi connectivity index (χ0v) is 12.4. The average Bonchev–Trinajstić information content (AvgIpc) is 2.43. The summed E-state index contributed by atoms with van der Waals surface area (Å²) in [6.07, 6.45) is -0.801. The van der Waals surface area contributed by atoms with Crippen LogP contribution in [0.1, 0.15) is 16.7 Å². The number of hydrogen-bond acceptors (Lipinski definition) is 3. The van der Waals surface area contributed by atoms with Gasteiger partial charge >= 0.3 is 0 Å². The minimum atomic E-state index is -1.82. The Labute approximate surface area is 131 Å². The predicted octanol–water partition coefficient (Wildman–Crippen LogP) is 3.25. The van der Waals surface area contributed by atoms with Crippen LogP contribution < -0.4 is 5.73 Å². The molecule has 0 aliphatic heterocycles. The lowest BCUT2D eigenvalue weighted by Crippen LogP contribution is -2.05. The van der Waals surface area contributed by atoms with E-state index in [1.54, 1.807) is 6.07 Å². The van der Waals surface area contributed by atoms with Crippen LogP contribution in [0.5, 0.6) is 0 Å². The molecule has 0 aliphatic rings. The molecule has 0 radical (unpaired) electrons. The second kappa shape index (κ2) is 6.44. The number of aliphatic hydroxyl groups excluding tert-OH is 1. The molecule has 0 saturated carbocycles. The van der Waals surface area contributed by atoms with Crippen molar-refractivity contribution in [2.75, 3.05) is 5.73 Å². The van der Waals surface area contributed by atoms with E-state index in [1.165, 1.54) is 25.1 Å². The SMILES string of the molecule is Cc1c(F)ccc(/C(=C\C(O)O)c2ccc(Cl)cc2N)c1F. The van der Waals surface area contributed by atoms with Crippen molar-refractivity contribution in [2.24, 2.45) is 0 Å². The average molecular weight is 326 g/mol. The summed E-state index contributed by atoms with van der Waals surface area (Å²) in [7, 11) is 0. The summed E-state index contributed by atoms with van der Waals surface area (Å²) in [4.78, 5) is 0. The van der Waals surface area contributed by atoms with E-state index in [9.17, 15) is 19.0 Å². The molecular weight excluding hydrogens is 312 g/mol. The molecule has 2 aromatic rings. The number of benzene rings is 2. The third-order valence-corrected chi connectivity index (χ3v) is 3.47. The lowest BCUT2D eigenvalue weighted by Gasteiger charge is -2.14. The van der Waals surface area contributed by atoms with Gasteiger partial charge in [0.05, 0.1) is 0 Å². The first-order valence-electron chi connectivity index (χ1n) is 6.39. The molecule has 2 rings (SSSR count). The molecule has 6 heteroatoms. The third-order valence-electron chi connectivity index (χ3n) is 3.23. The standard InChI is InChI=1S/C16H14ClF2NO2/c1-8-13(18)5-4-11(16(8)19)12(7-15(21)22)10-3-2-9(17)6-14(10)20/h2-7,15,21-22H,20H2,1H3/b12-7-. The van der Waals surface area contributed by atoms with Crippen LogP contribution in [0.15, 0.2) is 36.4 Å². The lowest BCUT2D eigenvalue weighted by atomic mass is 9.94. The summed E-state index contributed by atoms with van der Waals surface area (Å²) < 4.78 is 27.8. The van der Waals surface area contributed by atoms with Crippen LogP contribution in [0, 0.1) is 18.6 Å². The number of rotatable bonds is 3. The van der Waals surface area contributed by atoms with Crippen LogP contribution in [0.3, 0.4) is 0 Å². The summed E-state index contributed by atoms with van der Waals surface area (Å²) in [5.41, 5.74) is 6.46. The molecule has 0 spiro atoms. The van der Waals surface area contributed by atoms with Gasteiger partial charge in [-0.05, 0) is 42.8 Å². The molecule has 4 N–H and O–H groups in total. The first-order valence-corrected chi connectivity index (χ1v) is 6.77. The van der Waals surface area contributed by atoms with Crippen molar-refractivity contribution in [3.05, 3.63) is 69.8 Å². The topological polar surface area (TPSA) is 66.5 Å². The fourth-order valence-electron chi connectivity index (χ4n) is 2.12. The molecule has 0 bridgehead atoms. The molecule has 0 saturated heterocycles. The van der Waals surface area contributed by atoms with Crippen molar-refractivity contribution >= 4 is 22.9 Å². The highest BCUT2D eigenvalue weighted by molar-refractivity contribution is 6.31. The highest BCUT2D eigenvalue weighted by Crippen LogP contribution is 2.33. The minimum absolute atomic E-state index is 0.0148. The second-order valence-corrected chi connectivity index (χ2v) is 5.20. The van der Waals surface area contributed by atoms with Crippen LogP contribution >= 0.6 is 11.6 Å². The number of hydrogen-bond donors (Lipinski definition) is 3. The summed E-state index contributed by atoms with van der Waals surface area (Å²) in [5, 5.41) is 18.8. The highest BCUT2D eigenvalue weighted by Gasteiger charge is 2.17. The molecule has 22 heavy (non-hydrogen) atoms. The molecule has 0 unspecified atom stereocenters. The summed E-state index contributed by atoms with van der Waals surface area (Å²) in [6.45, 7) is 1.30. The van der Waals surface area contributed by atoms with E-state index >= 15 is 0 Å². The van der Waals surface area contributed by atoms with Crippen molar-refractivity contribution in [3.63, 3.8) is 0 Å². The monoisotopic (exact) mass is 325 g/mol. The maximum Gasteiger partial charge on any atom is 0.172 e. The van der Waals surface area contributed by atoms with Gasteiger partial charge in [-0.25, -0.2) is 8.78 Å². The van der Waals surface area contributed by atoms with Gasteiger partial charge in [-0.3, -0.25) is 0 Å². The van der Waals surface area contributed by atoms with E-state index < -0.39 is 17.9 Å². The number of anilines is 1. The number of nitrogen functional groups attached to an aromatic ring is 1. The largest absolute Gasteiger partial charge is 0.398 e. The Morgan fingerprint density at radius 1 is 1.18 bits per heavy atom. The Kier molecular flexibility index (Phi) is 4.81. The zero-order valence-electron chi connectivity index (χ0n) is 11.6. The molecule has 3 nitrogen and oxygen atoms in total. The van der Waals surface area contributed by atoms with E-state index in [1.807, 2.05) is 0 Å². The van der Waals surface area contributed by atoms with Gasteiger partial charge in [0.15, 0.2) is 6.29 Å². The highest BCUT2D eigenvalue weighted by atomic mass is 35.5. The van der Waals surface area contributed by atoms with Gasteiger partial charge < -0.3 is 15.9 Å². The molecule has 0 amide bonds. The normalized spacial score (nSPS) is 12.0.